The van der Waals surface area contributed by atoms with E-state index in [2.05, 4.69) is 92.9 Å². The van der Waals surface area contributed by atoms with Gasteiger partial charge < -0.3 is 18.3 Å². The predicted octanol–water partition coefficient (Wildman–Crippen LogP) is 10.4. The molecule has 0 atom stereocenters. The Morgan fingerprint density at radius 3 is 2.06 bits per heavy atom. The van der Waals surface area contributed by atoms with Crippen LogP contribution in [0.15, 0.2) is 54.6 Å². The lowest BCUT2D eigenvalue weighted by Gasteiger charge is -2.39. The highest BCUT2D eigenvalue weighted by atomic mass is 35.5. The monoisotopic (exact) mass is 691 g/mol. The van der Waals surface area contributed by atoms with E-state index in [0.29, 0.717) is 30.5 Å². The lowest BCUT2D eigenvalue weighted by atomic mass is 9.99. The number of hydrogen-bond acceptors (Lipinski definition) is 6. The largest absolute Gasteiger partial charge is 0.543 e. The normalized spacial score (nSPS) is 13.9. The maximum Gasteiger partial charge on any atom is 0.250 e. The number of benzene rings is 3. The number of fused-ring (bicyclic) bond motifs is 1. The molecule has 7 nitrogen and oxygen atoms in total. The molecule has 10 heteroatoms. The van der Waals surface area contributed by atoms with Gasteiger partial charge in [-0.15, -0.1) is 5.10 Å². The molecule has 0 bridgehead atoms. The third kappa shape index (κ3) is 7.42. The van der Waals surface area contributed by atoms with Gasteiger partial charge in [-0.1, -0.05) is 77.4 Å². The highest BCUT2D eigenvalue weighted by Gasteiger charge is 2.42. The zero-order valence-electron chi connectivity index (χ0n) is 29.9. The predicted molar refractivity (Wildman–Crippen MR) is 197 cm³/mol. The number of aryl methyl sites for hydroxylation is 1. The van der Waals surface area contributed by atoms with Gasteiger partial charge in [-0.05, 0) is 90.2 Å². The third-order valence-electron chi connectivity index (χ3n) is 9.91. The number of ether oxygens (including phenoxy) is 2. The van der Waals surface area contributed by atoms with Crippen molar-refractivity contribution in [3.05, 3.63) is 70.7 Å². The lowest BCUT2D eigenvalue weighted by molar-refractivity contribution is 0.171. The van der Waals surface area contributed by atoms with E-state index in [1.165, 1.54) is 0 Å². The molecule has 1 aromatic heterocycles. The molecule has 4 aromatic rings. The van der Waals surface area contributed by atoms with Crippen LogP contribution < -0.4 is 18.3 Å². The van der Waals surface area contributed by atoms with Crippen molar-refractivity contribution in [2.45, 2.75) is 97.7 Å². The van der Waals surface area contributed by atoms with Crippen molar-refractivity contribution < 1.29 is 18.3 Å². The van der Waals surface area contributed by atoms with Gasteiger partial charge in [0.15, 0.2) is 11.5 Å². The number of hydrogen-bond donors (Lipinski definition) is 0. The summed E-state index contributed by atoms with van der Waals surface area (Å²) in [5.74, 6) is 3.11. The smallest absolute Gasteiger partial charge is 0.250 e. The zero-order valence-corrected chi connectivity index (χ0v) is 32.6. The lowest BCUT2D eigenvalue weighted by Crippen LogP contribution is -2.44. The van der Waals surface area contributed by atoms with Gasteiger partial charge in [-0.2, -0.15) is 0 Å². The summed E-state index contributed by atoms with van der Waals surface area (Å²) in [5.41, 5.74) is 5.57. The molecular weight excluding hydrogens is 642 g/mol. The molecule has 2 heterocycles. The van der Waals surface area contributed by atoms with E-state index in [9.17, 15) is 0 Å². The topological polar surface area (TPSA) is 67.6 Å². The first kappa shape index (κ1) is 35.0. The van der Waals surface area contributed by atoms with E-state index in [1.54, 1.807) is 0 Å². The third-order valence-corrected chi connectivity index (χ3v) is 18.8. The van der Waals surface area contributed by atoms with Gasteiger partial charge in [0.05, 0.1) is 12.2 Å². The maximum absolute atomic E-state index is 7.15. The molecule has 47 heavy (non-hydrogen) atoms. The van der Waals surface area contributed by atoms with Gasteiger partial charge in [0.1, 0.15) is 30.4 Å². The summed E-state index contributed by atoms with van der Waals surface area (Å²) in [6, 6.07) is 18.2. The first-order valence-electron chi connectivity index (χ1n) is 16.5. The first-order chi connectivity index (χ1) is 21.9. The molecule has 0 radical (unpaired) electrons. The van der Waals surface area contributed by atoms with Gasteiger partial charge in [-0.3, -0.25) is 0 Å². The van der Waals surface area contributed by atoms with E-state index in [0.717, 1.165) is 57.3 Å². The van der Waals surface area contributed by atoms with Crippen molar-refractivity contribution >= 4 is 28.2 Å². The Bertz CT molecular complexity index is 1760. The zero-order chi connectivity index (χ0) is 34.4. The quantitative estimate of drug-likeness (QED) is 0.163. The van der Waals surface area contributed by atoms with E-state index in [1.807, 2.05) is 41.1 Å². The second-order valence-corrected chi connectivity index (χ2v) is 25.4. The summed E-state index contributed by atoms with van der Waals surface area (Å²) in [5, 5.41) is 10.3. The Kier molecular flexibility index (Phi) is 9.67. The van der Waals surface area contributed by atoms with Gasteiger partial charge in [0.2, 0.25) is 8.32 Å². The molecule has 0 amide bonds. The molecule has 0 N–H and O–H groups in total. The van der Waals surface area contributed by atoms with Crippen LogP contribution in [-0.4, -0.2) is 44.8 Å². The molecule has 0 fully saturated rings. The first-order valence-corrected chi connectivity index (χ1v) is 22.7. The fourth-order valence-corrected chi connectivity index (χ4v) is 7.28. The van der Waals surface area contributed by atoms with Crippen LogP contribution in [-0.2, 0) is 13.0 Å². The molecule has 1 aliphatic heterocycles. The minimum Gasteiger partial charge on any atom is -0.543 e. The second kappa shape index (κ2) is 13.0. The molecule has 5 rings (SSSR count). The van der Waals surface area contributed by atoms with E-state index >= 15 is 0 Å². The standard InChI is InChI=1S/C37H50ClN3O4Si2/c1-12-26-21-29(32(45-47(10,11)37(5,6)7)23-31(26)44-46(8,9)36(2,3)4)34-35(27-16-17-30-33(22-27)43-19-18-42-30)41(40-39-34)24-25-14-13-15-28(38)20-25/h13-17,20-23H,12,18-19,24H2,1-11H3. The molecule has 252 valence electrons. The molecule has 0 saturated heterocycles. The van der Waals surface area contributed by atoms with Crippen molar-refractivity contribution in [2.75, 3.05) is 13.2 Å². The van der Waals surface area contributed by atoms with Crippen molar-refractivity contribution in [2.24, 2.45) is 0 Å². The molecule has 0 unspecified atom stereocenters. The molecule has 0 aliphatic carbocycles. The van der Waals surface area contributed by atoms with E-state index in [-0.39, 0.29) is 10.1 Å². The summed E-state index contributed by atoms with van der Waals surface area (Å²) in [7, 11) is -4.43. The molecule has 3 aromatic carbocycles. The summed E-state index contributed by atoms with van der Waals surface area (Å²) in [4.78, 5) is 0. The molecule has 0 saturated carbocycles. The summed E-state index contributed by atoms with van der Waals surface area (Å²) < 4.78 is 27.9. The van der Waals surface area contributed by atoms with Crippen LogP contribution in [0, 0.1) is 0 Å². The Hall–Kier alpha value is -3.28. The van der Waals surface area contributed by atoms with Crippen molar-refractivity contribution in [3.8, 4) is 45.5 Å². The Balaban J connectivity index is 1.75. The fourth-order valence-electron chi connectivity index (χ4n) is 4.99. The van der Waals surface area contributed by atoms with Crippen LogP contribution in [0.1, 0.15) is 59.6 Å². The fraction of sp³-hybridized carbons (Fsp3) is 0.459. The summed E-state index contributed by atoms with van der Waals surface area (Å²) in [6.45, 7) is 26.4. The number of aromatic nitrogens is 3. The van der Waals surface area contributed by atoms with E-state index < -0.39 is 16.6 Å². The Morgan fingerprint density at radius 1 is 0.809 bits per heavy atom. The summed E-state index contributed by atoms with van der Waals surface area (Å²) >= 11 is 6.39. The van der Waals surface area contributed by atoms with Crippen molar-refractivity contribution in [1.29, 1.82) is 0 Å². The van der Waals surface area contributed by atoms with Crippen molar-refractivity contribution in [3.63, 3.8) is 0 Å². The van der Waals surface area contributed by atoms with Gasteiger partial charge in [0.25, 0.3) is 8.32 Å². The van der Waals surface area contributed by atoms with Gasteiger partial charge >= 0.3 is 0 Å². The maximum atomic E-state index is 7.15. The Labute approximate surface area is 287 Å². The molecule has 0 spiro atoms. The van der Waals surface area contributed by atoms with E-state index in [4.69, 9.17) is 40.2 Å². The minimum absolute atomic E-state index is 0.0169. The van der Waals surface area contributed by atoms with Gasteiger partial charge in [-0.25, -0.2) is 4.68 Å². The van der Waals surface area contributed by atoms with Gasteiger partial charge in [0, 0.05) is 22.2 Å². The van der Waals surface area contributed by atoms with Crippen LogP contribution in [0.2, 0.25) is 41.3 Å². The highest BCUT2D eigenvalue weighted by Crippen LogP contribution is 2.47. The number of nitrogens with zero attached hydrogens (tertiary/aromatic N) is 3. The van der Waals surface area contributed by atoms with Crippen LogP contribution >= 0.6 is 11.6 Å². The number of rotatable bonds is 9. The highest BCUT2D eigenvalue weighted by molar-refractivity contribution is 6.75. The average molecular weight is 692 g/mol. The van der Waals surface area contributed by atoms with Crippen LogP contribution in [0.4, 0.5) is 0 Å². The average Bonchev–Trinajstić information content (AvgIpc) is 3.38. The number of halogens is 1. The molecule has 1 aliphatic rings. The van der Waals surface area contributed by atoms with Crippen LogP contribution in [0.5, 0.6) is 23.0 Å². The second-order valence-electron chi connectivity index (χ2n) is 15.5. The molecular formula is C37H50ClN3O4Si2. The van der Waals surface area contributed by atoms with Crippen LogP contribution in [0.3, 0.4) is 0 Å². The van der Waals surface area contributed by atoms with Crippen LogP contribution in [0.25, 0.3) is 22.5 Å². The van der Waals surface area contributed by atoms with Crippen molar-refractivity contribution in [1.82, 2.24) is 15.0 Å². The SMILES string of the molecule is CCc1cc(-c2nnn(Cc3cccc(Cl)c3)c2-c2ccc3c(c2)OCCO3)c(O[Si](C)(C)C(C)(C)C)cc1O[Si](C)(C)C(C)(C)C. The summed E-state index contributed by atoms with van der Waals surface area (Å²) in [6.07, 6.45) is 0.799. The minimum atomic E-state index is -2.28. The Morgan fingerprint density at radius 2 is 1.45 bits per heavy atom.